The van der Waals surface area contributed by atoms with E-state index in [1.165, 1.54) is 6.33 Å². The van der Waals surface area contributed by atoms with Gasteiger partial charge in [-0.1, -0.05) is 0 Å². The number of benzene rings is 1. The summed E-state index contributed by atoms with van der Waals surface area (Å²) < 4.78 is 0. The van der Waals surface area contributed by atoms with E-state index in [0.717, 1.165) is 49.9 Å². The summed E-state index contributed by atoms with van der Waals surface area (Å²) in [7, 11) is 0. The predicted molar refractivity (Wildman–Crippen MR) is 117 cm³/mol. The fourth-order valence-corrected chi connectivity index (χ4v) is 4.39. The zero-order valence-corrected chi connectivity index (χ0v) is 16.7. The fraction of sp³-hybridized carbons (Fsp3) is 0.381. The fourth-order valence-electron chi connectivity index (χ4n) is 4.39. The number of aromatic amines is 1. The van der Waals surface area contributed by atoms with Gasteiger partial charge in [0.1, 0.15) is 23.7 Å². The Kier molecular flexibility index (Phi) is 4.76. The molecule has 3 aromatic rings. The van der Waals surface area contributed by atoms with Gasteiger partial charge in [0, 0.05) is 49.2 Å². The molecule has 0 spiro atoms. The van der Waals surface area contributed by atoms with E-state index in [1.54, 1.807) is 18.2 Å². The highest BCUT2D eigenvalue weighted by atomic mass is 16.3. The number of phenols is 1. The Morgan fingerprint density at radius 2 is 2.00 bits per heavy atom. The van der Waals surface area contributed by atoms with Crippen LogP contribution < -0.4 is 16.4 Å². The Morgan fingerprint density at radius 1 is 1.20 bits per heavy atom. The number of aromatic hydroxyl groups is 1. The predicted octanol–water partition coefficient (Wildman–Crippen LogP) is 1.51. The van der Waals surface area contributed by atoms with E-state index in [2.05, 4.69) is 30.5 Å². The molecule has 0 atom stereocenters. The van der Waals surface area contributed by atoms with Gasteiger partial charge in [0.05, 0.1) is 17.0 Å². The molecule has 1 aliphatic carbocycles. The van der Waals surface area contributed by atoms with Crippen LogP contribution in [0.3, 0.4) is 0 Å². The Labute approximate surface area is 174 Å². The third-order valence-electron chi connectivity index (χ3n) is 6.12. The summed E-state index contributed by atoms with van der Waals surface area (Å²) in [5, 5.41) is 26.2. The van der Waals surface area contributed by atoms with Gasteiger partial charge in [0.25, 0.3) is 0 Å². The maximum Gasteiger partial charge on any atom is 0.141 e. The van der Waals surface area contributed by atoms with Crippen LogP contribution in [0.1, 0.15) is 24.1 Å². The Bertz CT molecular complexity index is 1080. The molecule has 5 rings (SSSR count). The molecule has 2 aromatic heterocycles. The second-order valence-electron chi connectivity index (χ2n) is 8.06. The molecule has 9 heteroatoms. The van der Waals surface area contributed by atoms with Gasteiger partial charge in [-0.3, -0.25) is 10.3 Å². The first-order valence-electron chi connectivity index (χ1n) is 10.3. The summed E-state index contributed by atoms with van der Waals surface area (Å²) in [5.74, 6) is 1.06. The zero-order chi connectivity index (χ0) is 20.7. The second kappa shape index (κ2) is 7.58. The lowest BCUT2D eigenvalue weighted by Gasteiger charge is -2.45. The van der Waals surface area contributed by atoms with Crippen molar-refractivity contribution in [1.29, 1.82) is 5.41 Å². The molecular weight excluding hydrogens is 380 g/mol. The van der Waals surface area contributed by atoms with Crippen LogP contribution in [0.25, 0.3) is 10.9 Å². The van der Waals surface area contributed by atoms with E-state index in [0.29, 0.717) is 29.2 Å². The van der Waals surface area contributed by atoms with Gasteiger partial charge in [-0.15, -0.1) is 0 Å². The van der Waals surface area contributed by atoms with Crippen molar-refractivity contribution in [1.82, 2.24) is 25.2 Å². The maximum absolute atomic E-state index is 9.71. The van der Waals surface area contributed by atoms with Gasteiger partial charge in [-0.05, 0) is 37.1 Å². The number of hydrogen-bond donors (Lipinski definition) is 6. The zero-order valence-electron chi connectivity index (χ0n) is 16.7. The van der Waals surface area contributed by atoms with Crippen LogP contribution in [-0.4, -0.2) is 68.9 Å². The first-order chi connectivity index (χ1) is 14.6. The molecule has 0 unspecified atom stereocenters. The first-order valence-corrected chi connectivity index (χ1v) is 10.3. The average Bonchev–Trinajstić information content (AvgIpc) is 3.14. The molecule has 9 nitrogen and oxygen atoms in total. The molecule has 156 valence electrons. The lowest BCUT2D eigenvalue weighted by atomic mass is 9.85. The SMILES string of the molecule is N=C(c1cc2cc(O)ccc2[nH]1)c1c(N)ncnc1NC1CC(N2CCNCC2)C1. The van der Waals surface area contributed by atoms with Crippen LogP contribution in [0.5, 0.6) is 5.75 Å². The van der Waals surface area contributed by atoms with E-state index in [-0.39, 0.29) is 17.3 Å². The highest BCUT2D eigenvalue weighted by Gasteiger charge is 2.35. The number of nitrogen functional groups attached to an aromatic ring is 1. The molecule has 0 radical (unpaired) electrons. The highest BCUT2D eigenvalue weighted by molar-refractivity contribution is 6.16. The van der Waals surface area contributed by atoms with E-state index in [9.17, 15) is 5.11 Å². The summed E-state index contributed by atoms with van der Waals surface area (Å²) in [6.07, 6.45) is 3.55. The summed E-state index contributed by atoms with van der Waals surface area (Å²) in [6.45, 7) is 4.31. The largest absolute Gasteiger partial charge is 0.508 e. The van der Waals surface area contributed by atoms with Crippen molar-refractivity contribution in [3.63, 3.8) is 0 Å². The molecule has 1 aromatic carbocycles. The van der Waals surface area contributed by atoms with Crippen LogP contribution in [-0.2, 0) is 0 Å². The second-order valence-corrected chi connectivity index (χ2v) is 8.06. The van der Waals surface area contributed by atoms with E-state index < -0.39 is 0 Å². The molecule has 7 N–H and O–H groups in total. The van der Waals surface area contributed by atoms with E-state index in [1.807, 2.05) is 6.07 Å². The van der Waals surface area contributed by atoms with Crippen LogP contribution in [0, 0.1) is 5.41 Å². The number of phenolic OH excluding ortho intramolecular Hbond substituents is 1. The average molecular weight is 406 g/mol. The molecule has 1 saturated heterocycles. The Balaban J connectivity index is 1.35. The summed E-state index contributed by atoms with van der Waals surface area (Å²) in [6, 6.07) is 7.81. The minimum absolute atomic E-state index is 0.188. The van der Waals surface area contributed by atoms with Crippen molar-refractivity contribution < 1.29 is 5.11 Å². The van der Waals surface area contributed by atoms with Crippen LogP contribution in [0.2, 0.25) is 0 Å². The van der Waals surface area contributed by atoms with Crippen LogP contribution >= 0.6 is 0 Å². The van der Waals surface area contributed by atoms with E-state index >= 15 is 0 Å². The minimum Gasteiger partial charge on any atom is -0.508 e. The van der Waals surface area contributed by atoms with Gasteiger partial charge in [0.2, 0.25) is 0 Å². The van der Waals surface area contributed by atoms with Crippen LogP contribution in [0.15, 0.2) is 30.6 Å². The molecule has 0 amide bonds. The number of nitrogens with zero attached hydrogens (tertiary/aromatic N) is 3. The third-order valence-corrected chi connectivity index (χ3v) is 6.12. The number of H-pyrrole nitrogens is 1. The van der Waals surface area contributed by atoms with Crippen molar-refractivity contribution in [2.24, 2.45) is 0 Å². The van der Waals surface area contributed by atoms with Gasteiger partial charge < -0.3 is 26.5 Å². The van der Waals surface area contributed by atoms with Crippen molar-refractivity contribution in [3.05, 3.63) is 41.9 Å². The number of piperazine rings is 1. The topological polar surface area (TPSA) is 139 Å². The van der Waals surface area contributed by atoms with Crippen molar-refractivity contribution >= 4 is 28.3 Å². The van der Waals surface area contributed by atoms with Gasteiger partial charge >= 0.3 is 0 Å². The summed E-state index contributed by atoms with van der Waals surface area (Å²) in [4.78, 5) is 14.3. The van der Waals surface area contributed by atoms with Crippen LogP contribution in [0.4, 0.5) is 11.6 Å². The molecule has 2 aliphatic rings. The number of fused-ring (bicyclic) bond motifs is 1. The van der Waals surface area contributed by atoms with Crippen molar-refractivity contribution in [2.75, 3.05) is 37.2 Å². The molecule has 0 bridgehead atoms. The third kappa shape index (κ3) is 3.46. The Hall–Kier alpha value is -3.17. The van der Waals surface area contributed by atoms with Gasteiger partial charge in [-0.2, -0.15) is 0 Å². The number of nitrogens with two attached hydrogens (primary N) is 1. The number of anilines is 2. The summed E-state index contributed by atoms with van der Waals surface area (Å²) in [5.41, 5.74) is 8.33. The highest BCUT2D eigenvalue weighted by Crippen LogP contribution is 2.31. The number of rotatable bonds is 5. The molecule has 30 heavy (non-hydrogen) atoms. The maximum atomic E-state index is 9.71. The standard InChI is InChI=1S/C21H26N8O/c22-19(17-8-12-7-15(30)1-2-16(12)28-17)18-20(23)25-11-26-21(18)27-13-9-14(10-13)29-5-3-24-4-6-29/h1-2,7-8,11,13-14,22,24,28,30H,3-6,9-10H2,(H3,23,25,26,27). The van der Waals surface area contributed by atoms with Crippen molar-refractivity contribution in [2.45, 2.75) is 24.9 Å². The lowest BCUT2D eigenvalue weighted by Crippen LogP contribution is -2.55. The monoisotopic (exact) mass is 406 g/mol. The van der Waals surface area contributed by atoms with Gasteiger partial charge in [-0.25, -0.2) is 9.97 Å². The quantitative estimate of drug-likeness (QED) is 0.353. The summed E-state index contributed by atoms with van der Waals surface area (Å²) >= 11 is 0. The molecule has 2 fully saturated rings. The number of hydrogen-bond acceptors (Lipinski definition) is 8. The smallest absolute Gasteiger partial charge is 0.141 e. The lowest BCUT2D eigenvalue weighted by molar-refractivity contribution is 0.103. The minimum atomic E-state index is 0.188. The molecular formula is C21H26N8O. The molecule has 3 heterocycles. The first kappa shape index (κ1) is 18.8. The van der Waals surface area contributed by atoms with E-state index in [4.69, 9.17) is 11.1 Å². The van der Waals surface area contributed by atoms with Gasteiger partial charge in [0.15, 0.2) is 0 Å². The molecule has 1 aliphatic heterocycles. The Morgan fingerprint density at radius 3 is 2.80 bits per heavy atom. The number of aromatic nitrogens is 3. The molecule has 1 saturated carbocycles. The van der Waals surface area contributed by atoms with Crippen molar-refractivity contribution in [3.8, 4) is 5.75 Å². The normalized spacial score (nSPS) is 22.0. The number of nitrogens with one attached hydrogen (secondary N) is 4.